The van der Waals surface area contributed by atoms with Crippen molar-refractivity contribution in [2.24, 2.45) is 0 Å². The number of nitrogens with zero attached hydrogens (tertiary/aromatic N) is 3. The van der Waals surface area contributed by atoms with E-state index in [1.807, 2.05) is 37.3 Å². The number of fused-ring (bicyclic) bond motifs is 1. The van der Waals surface area contributed by atoms with Crippen molar-refractivity contribution >= 4 is 28.7 Å². The molecule has 0 aliphatic rings. The molecule has 0 aliphatic heterocycles. The van der Waals surface area contributed by atoms with E-state index in [1.54, 1.807) is 0 Å². The highest BCUT2D eigenvalue weighted by molar-refractivity contribution is 6.28. The van der Waals surface area contributed by atoms with Crippen molar-refractivity contribution in [3.05, 3.63) is 62.0 Å². The molecule has 0 unspecified atom stereocenters. The van der Waals surface area contributed by atoms with Gasteiger partial charge in [0.1, 0.15) is 0 Å². The van der Waals surface area contributed by atoms with Gasteiger partial charge >= 0.3 is 5.69 Å². The van der Waals surface area contributed by atoms with Crippen molar-refractivity contribution in [2.75, 3.05) is 0 Å². The van der Waals surface area contributed by atoms with E-state index in [1.165, 1.54) is 4.57 Å². The van der Waals surface area contributed by atoms with Gasteiger partial charge in [-0.1, -0.05) is 43.7 Å². The van der Waals surface area contributed by atoms with Crippen LogP contribution in [-0.2, 0) is 24.4 Å². The Kier molecular flexibility index (Phi) is 6.87. The molecule has 8 nitrogen and oxygen atoms in total. The van der Waals surface area contributed by atoms with Gasteiger partial charge in [0.25, 0.3) is 5.56 Å². The zero-order valence-electron chi connectivity index (χ0n) is 16.3. The van der Waals surface area contributed by atoms with Crippen LogP contribution in [0.25, 0.3) is 11.2 Å². The average molecular weight is 418 g/mol. The molecule has 3 rings (SSSR count). The molecule has 0 bridgehead atoms. The van der Waals surface area contributed by atoms with Crippen LogP contribution in [0, 0.1) is 0 Å². The normalized spacial score (nSPS) is 11.1. The van der Waals surface area contributed by atoms with E-state index in [9.17, 15) is 14.4 Å². The second-order valence-electron chi connectivity index (χ2n) is 6.84. The van der Waals surface area contributed by atoms with E-state index in [0.29, 0.717) is 19.5 Å². The van der Waals surface area contributed by atoms with Gasteiger partial charge in [0.05, 0.1) is 0 Å². The summed E-state index contributed by atoms with van der Waals surface area (Å²) in [5.74, 6) is -0.126. The lowest BCUT2D eigenvalue weighted by Crippen LogP contribution is -2.40. The fraction of sp³-hybridized carbons (Fsp3) is 0.400. The van der Waals surface area contributed by atoms with Crippen molar-refractivity contribution in [1.82, 2.24) is 24.4 Å². The molecule has 0 radical (unpaired) electrons. The third-order valence-corrected chi connectivity index (χ3v) is 4.86. The van der Waals surface area contributed by atoms with Crippen LogP contribution < -0.4 is 16.6 Å². The van der Waals surface area contributed by atoms with Crippen molar-refractivity contribution in [2.45, 2.75) is 52.2 Å². The van der Waals surface area contributed by atoms with Crippen LogP contribution in [0.15, 0.2) is 39.9 Å². The maximum absolute atomic E-state index is 12.8. The average Bonchev–Trinajstić information content (AvgIpc) is 3.11. The van der Waals surface area contributed by atoms with Gasteiger partial charge < -0.3 is 10.3 Å². The smallest absolute Gasteiger partial charge is 0.332 e. The molecule has 1 amide bonds. The van der Waals surface area contributed by atoms with Crippen LogP contribution in [0.4, 0.5) is 0 Å². The van der Waals surface area contributed by atoms with Crippen LogP contribution in [-0.4, -0.2) is 25.0 Å². The van der Waals surface area contributed by atoms with Gasteiger partial charge in [0.15, 0.2) is 11.2 Å². The number of carbonyl (C=O) groups excluding carboxylic acids is 1. The Morgan fingerprint density at radius 2 is 1.86 bits per heavy atom. The SMILES string of the molecule is CCCCn1c(=O)n(CCCC(=O)NCc2ccccc2)c(=O)c2[nH]c(Cl)nc21. The number of hydrogen-bond acceptors (Lipinski definition) is 4. The Morgan fingerprint density at radius 1 is 1.14 bits per heavy atom. The number of benzene rings is 1. The number of unbranched alkanes of at least 4 members (excludes halogenated alkanes) is 1. The summed E-state index contributed by atoms with van der Waals surface area (Å²) in [6.45, 7) is 3.06. The van der Waals surface area contributed by atoms with E-state index < -0.39 is 11.2 Å². The number of nitrogens with one attached hydrogen (secondary N) is 2. The lowest BCUT2D eigenvalue weighted by molar-refractivity contribution is -0.121. The third-order valence-electron chi connectivity index (χ3n) is 4.69. The molecule has 154 valence electrons. The van der Waals surface area contributed by atoms with Crippen LogP contribution in [0.3, 0.4) is 0 Å². The molecule has 0 saturated carbocycles. The Morgan fingerprint density at radius 3 is 2.59 bits per heavy atom. The Hall–Kier alpha value is -2.87. The number of aromatic nitrogens is 4. The highest BCUT2D eigenvalue weighted by atomic mass is 35.5. The van der Waals surface area contributed by atoms with Gasteiger partial charge in [-0.2, -0.15) is 4.98 Å². The molecule has 2 heterocycles. The summed E-state index contributed by atoms with van der Waals surface area (Å²) in [5.41, 5.74) is 0.595. The number of aryl methyl sites for hydroxylation is 1. The largest absolute Gasteiger partial charge is 0.352 e. The molecule has 0 saturated heterocycles. The lowest BCUT2D eigenvalue weighted by atomic mass is 10.2. The molecule has 0 atom stereocenters. The summed E-state index contributed by atoms with van der Waals surface area (Å²) < 4.78 is 2.62. The fourth-order valence-corrected chi connectivity index (χ4v) is 3.31. The molecule has 0 aliphatic carbocycles. The van der Waals surface area contributed by atoms with Crippen molar-refractivity contribution in [3.8, 4) is 0 Å². The van der Waals surface area contributed by atoms with E-state index in [-0.39, 0.29) is 35.3 Å². The minimum Gasteiger partial charge on any atom is -0.352 e. The van der Waals surface area contributed by atoms with Crippen LogP contribution in [0.5, 0.6) is 0 Å². The number of rotatable bonds is 9. The Bertz CT molecular complexity index is 1100. The topological polar surface area (TPSA) is 102 Å². The quantitative estimate of drug-likeness (QED) is 0.522. The number of hydrogen-bond donors (Lipinski definition) is 2. The minimum absolute atomic E-state index is 0.0692. The summed E-state index contributed by atoms with van der Waals surface area (Å²) >= 11 is 5.91. The number of carbonyl (C=O) groups is 1. The first kappa shape index (κ1) is 20.9. The zero-order valence-corrected chi connectivity index (χ0v) is 17.0. The van der Waals surface area contributed by atoms with Gasteiger partial charge in [-0.05, 0) is 30.0 Å². The zero-order chi connectivity index (χ0) is 20.8. The van der Waals surface area contributed by atoms with Crippen LogP contribution >= 0.6 is 11.6 Å². The van der Waals surface area contributed by atoms with E-state index in [2.05, 4.69) is 15.3 Å². The number of aromatic amines is 1. The number of imidazole rings is 1. The Balaban J connectivity index is 1.70. The van der Waals surface area contributed by atoms with Crippen LogP contribution in [0.1, 0.15) is 38.2 Å². The molecule has 2 N–H and O–H groups in total. The highest BCUT2D eigenvalue weighted by Gasteiger charge is 2.16. The van der Waals surface area contributed by atoms with Gasteiger partial charge in [-0.25, -0.2) is 4.79 Å². The molecule has 29 heavy (non-hydrogen) atoms. The first-order chi connectivity index (χ1) is 14.0. The van der Waals surface area contributed by atoms with E-state index in [4.69, 9.17) is 11.6 Å². The number of amides is 1. The van der Waals surface area contributed by atoms with Crippen molar-refractivity contribution < 1.29 is 4.79 Å². The van der Waals surface area contributed by atoms with Crippen molar-refractivity contribution in [3.63, 3.8) is 0 Å². The second-order valence-corrected chi connectivity index (χ2v) is 7.19. The van der Waals surface area contributed by atoms with E-state index >= 15 is 0 Å². The molecular formula is C20H24ClN5O3. The van der Waals surface area contributed by atoms with Gasteiger partial charge in [0, 0.05) is 26.1 Å². The van der Waals surface area contributed by atoms with Gasteiger partial charge in [-0.3, -0.25) is 18.7 Å². The predicted molar refractivity (Wildman–Crippen MR) is 112 cm³/mol. The summed E-state index contributed by atoms with van der Waals surface area (Å²) in [6.07, 6.45) is 2.26. The molecule has 0 fully saturated rings. The lowest BCUT2D eigenvalue weighted by Gasteiger charge is -2.11. The fourth-order valence-electron chi connectivity index (χ4n) is 3.14. The first-order valence-electron chi connectivity index (χ1n) is 9.70. The maximum atomic E-state index is 12.8. The molecule has 0 spiro atoms. The Labute approximate surface area is 172 Å². The number of H-pyrrole nitrogens is 1. The van der Waals surface area contributed by atoms with Gasteiger partial charge in [0.2, 0.25) is 11.2 Å². The molecule has 3 aromatic rings. The monoisotopic (exact) mass is 417 g/mol. The summed E-state index contributed by atoms with van der Waals surface area (Å²) in [4.78, 5) is 44.4. The second kappa shape index (κ2) is 9.56. The van der Waals surface area contributed by atoms with Crippen molar-refractivity contribution in [1.29, 1.82) is 0 Å². The number of halogens is 1. The summed E-state index contributed by atoms with van der Waals surface area (Å²) in [7, 11) is 0. The summed E-state index contributed by atoms with van der Waals surface area (Å²) in [5, 5.41) is 2.91. The van der Waals surface area contributed by atoms with Crippen LogP contribution in [0.2, 0.25) is 5.28 Å². The first-order valence-corrected chi connectivity index (χ1v) is 10.1. The molecular weight excluding hydrogens is 394 g/mol. The molecule has 2 aromatic heterocycles. The maximum Gasteiger partial charge on any atom is 0.332 e. The minimum atomic E-state index is -0.471. The van der Waals surface area contributed by atoms with Gasteiger partial charge in [-0.15, -0.1) is 0 Å². The molecule has 9 heteroatoms. The predicted octanol–water partition coefficient (Wildman–Crippen LogP) is 2.44. The molecule has 1 aromatic carbocycles. The summed E-state index contributed by atoms with van der Waals surface area (Å²) in [6, 6.07) is 9.61. The standard InChI is InChI=1S/C20H24ClN5O3/c1-2-3-11-25-17-16(23-19(21)24-17)18(28)26(20(25)29)12-7-10-15(27)22-13-14-8-5-4-6-9-14/h4-6,8-9H,2-3,7,10-13H2,1H3,(H,22,27)(H,23,24). The van der Waals surface area contributed by atoms with E-state index in [0.717, 1.165) is 23.0 Å². The highest BCUT2D eigenvalue weighted by Crippen LogP contribution is 2.10. The third kappa shape index (κ3) is 4.95.